The van der Waals surface area contributed by atoms with E-state index in [-0.39, 0.29) is 0 Å². The molecule has 8 heteroatoms. The van der Waals surface area contributed by atoms with Gasteiger partial charge in [0.25, 0.3) is 0 Å². The lowest BCUT2D eigenvalue weighted by molar-refractivity contribution is -0.140. The minimum Gasteiger partial charge on any atom is -0.480 e. The Labute approximate surface area is 114 Å². The maximum absolute atomic E-state index is 11.7. The van der Waals surface area contributed by atoms with Crippen LogP contribution in [0.3, 0.4) is 0 Å². The monoisotopic (exact) mass is 284 g/mol. The molecule has 1 aromatic heterocycles. The van der Waals surface area contributed by atoms with Crippen LogP contribution in [0.4, 0.5) is 9.93 Å². The zero-order chi connectivity index (χ0) is 14.0. The van der Waals surface area contributed by atoms with Gasteiger partial charge in [0.15, 0.2) is 0 Å². The zero-order valence-electron chi connectivity index (χ0n) is 10.8. The van der Waals surface area contributed by atoms with Crippen molar-refractivity contribution < 1.29 is 14.7 Å². The maximum Gasteiger partial charge on any atom is 0.329 e. The normalized spacial score (nSPS) is 16.2. The Morgan fingerprint density at radius 1 is 1.42 bits per heavy atom. The molecule has 0 atom stereocenters. The molecule has 1 aliphatic rings. The molecule has 0 unspecified atom stereocenters. The lowest BCUT2D eigenvalue weighted by Crippen LogP contribution is -2.45. The Kier molecular flexibility index (Phi) is 3.70. The Morgan fingerprint density at radius 2 is 2.11 bits per heavy atom. The number of urea groups is 1. The molecular formula is C11H16N4O3S. The van der Waals surface area contributed by atoms with Crippen LogP contribution in [0.15, 0.2) is 0 Å². The highest BCUT2D eigenvalue weighted by molar-refractivity contribution is 7.15. The summed E-state index contributed by atoms with van der Waals surface area (Å²) >= 11 is 1.30. The van der Waals surface area contributed by atoms with Crippen molar-refractivity contribution in [2.45, 2.75) is 38.6 Å². The highest BCUT2D eigenvalue weighted by Gasteiger charge is 2.51. The van der Waals surface area contributed by atoms with Crippen LogP contribution in [-0.2, 0) is 11.2 Å². The highest BCUT2D eigenvalue weighted by atomic mass is 32.1. The van der Waals surface area contributed by atoms with Gasteiger partial charge in [-0.3, -0.25) is 5.32 Å². The fraction of sp³-hybridized carbons (Fsp3) is 0.636. The summed E-state index contributed by atoms with van der Waals surface area (Å²) in [6, 6.07) is -0.549. The second kappa shape index (κ2) is 5.12. The molecule has 1 saturated carbocycles. The molecule has 0 aliphatic heterocycles. The van der Waals surface area contributed by atoms with E-state index in [1.807, 2.05) is 0 Å². The largest absolute Gasteiger partial charge is 0.480 e. The van der Waals surface area contributed by atoms with E-state index < -0.39 is 17.5 Å². The fourth-order valence-corrected chi connectivity index (χ4v) is 2.55. The lowest BCUT2D eigenvalue weighted by atomic mass is 10.1. The average Bonchev–Trinajstić information content (AvgIpc) is 2.94. The molecule has 0 bridgehead atoms. The molecule has 3 N–H and O–H groups in total. The first-order valence-electron chi connectivity index (χ1n) is 6.06. The van der Waals surface area contributed by atoms with E-state index >= 15 is 0 Å². The quantitative estimate of drug-likeness (QED) is 0.759. The number of anilines is 1. The fourth-order valence-electron chi connectivity index (χ4n) is 1.60. The van der Waals surface area contributed by atoms with Crippen LogP contribution >= 0.6 is 11.3 Å². The van der Waals surface area contributed by atoms with Crippen LogP contribution in [-0.4, -0.2) is 32.8 Å². The van der Waals surface area contributed by atoms with Crippen molar-refractivity contribution in [3.63, 3.8) is 0 Å². The van der Waals surface area contributed by atoms with Gasteiger partial charge in [-0.15, -0.1) is 10.2 Å². The number of carboxylic acid groups (broad SMARTS) is 1. The average molecular weight is 284 g/mol. The standard InChI is InChI=1S/C11H16N4O3S/c1-6(2)5-7-14-15-10(19-7)12-9(18)13-11(3-4-11)8(16)17/h6H,3-5H2,1-2H3,(H,16,17)(H2,12,13,15,18). The molecule has 1 aliphatic carbocycles. The van der Waals surface area contributed by atoms with Crippen LogP contribution < -0.4 is 10.6 Å². The van der Waals surface area contributed by atoms with Crippen molar-refractivity contribution in [2.24, 2.45) is 5.92 Å². The molecule has 19 heavy (non-hydrogen) atoms. The lowest BCUT2D eigenvalue weighted by Gasteiger charge is -2.11. The van der Waals surface area contributed by atoms with Crippen molar-refractivity contribution in [3.8, 4) is 0 Å². The Bertz CT molecular complexity index is 496. The van der Waals surface area contributed by atoms with Crippen LogP contribution in [0.5, 0.6) is 0 Å². The topological polar surface area (TPSA) is 104 Å². The number of rotatable bonds is 5. The predicted octanol–water partition coefficient (Wildman–Crippen LogP) is 1.48. The summed E-state index contributed by atoms with van der Waals surface area (Å²) in [5.41, 5.74) is -1.09. The van der Waals surface area contributed by atoms with Gasteiger partial charge in [-0.1, -0.05) is 25.2 Å². The Hall–Kier alpha value is -1.70. The number of hydrogen-bond acceptors (Lipinski definition) is 5. The second-order valence-corrected chi connectivity index (χ2v) is 6.13. The summed E-state index contributed by atoms with van der Waals surface area (Å²) in [5, 5.41) is 23.0. The molecule has 2 rings (SSSR count). The number of carbonyl (C=O) groups is 2. The molecule has 0 spiro atoms. The van der Waals surface area contributed by atoms with Crippen LogP contribution in [0.25, 0.3) is 0 Å². The molecule has 7 nitrogen and oxygen atoms in total. The van der Waals surface area contributed by atoms with Crippen LogP contribution in [0, 0.1) is 5.92 Å². The number of aromatic nitrogens is 2. The zero-order valence-corrected chi connectivity index (χ0v) is 11.6. The van der Waals surface area contributed by atoms with Crippen molar-refractivity contribution in [2.75, 3.05) is 5.32 Å². The number of amides is 2. The molecule has 1 fully saturated rings. The third-order valence-electron chi connectivity index (χ3n) is 2.78. The summed E-state index contributed by atoms with van der Waals surface area (Å²) in [6.07, 6.45) is 1.73. The van der Waals surface area contributed by atoms with Gasteiger partial charge in [0.2, 0.25) is 5.13 Å². The van der Waals surface area contributed by atoms with Gasteiger partial charge in [-0.25, -0.2) is 9.59 Å². The smallest absolute Gasteiger partial charge is 0.329 e. The molecule has 1 aromatic rings. The number of carboxylic acids is 1. The van der Waals surface area contributed by atoms with E-state index in [0.29, 0.717) is 23.9 Å². The van der Waals surface area contributed by atoms with E-state index in [4.69, 9.17) is 5.11 Å². The molecule has 0 radical (unpaired) electrons. The maximum atomic E-state index is 11.7. The van der Waals surface area contributed by atoms with Gasteiger partial charge in [0.1, 0.15) is 10.5 Å². The highest BCUT2D eigenvalue weighted by Crippen LogP contribution is 2.35. The first-order chi connectivity index (χ1) is 8.91. The number of hydrogen-bond donors (Lipinski definition) is 3. The van der Waals surface area contributed by atoms with Crippen LogP contribution in [0.1, 0.15) is 31.7 Å². The molecular weight excluding hydrogens is 268 g/mol. The van der Waals surface area contributed by atoms with Crippen molar-refractivity contribution in [1.29, 1.82) is 0 Å². The van der Waals surface area contributed by atoms with Gasteiger partial charge in [-0.2, -0.15) is 0 Å². The minimum absolute atomic E-state index is 0.384. The summed E-state index contributed by atoms with van der Waals surface area (Å²) in [5.74, 6) is -0.531. The van der Waals surface area contributed by atoms with E-state index in [2.05, 4.69) is 34.7 Å². The molecule has 1 heterocycles. The first-order valence-corrected chi connectivity index (χ1v) is 6.88. The summed E-state index contributed by atoms with van der Waals surface area (Å²) < 4.78 is 0. The molecule has 2 amide bonds. The third-order valence-corrected chi connectivity index (χ3v) is 3.64. The first kappa shape index (κ1) is 13.7. The summed E-state index contributed by atoms with van der Waals surface area (Å²) in [4.78, 5) is 22.6. The van der Waals surface area contributed by atoms with Crippen molar-refractivity contribution in [3.05, 3.63) is 5.01 Å². The minimum atomic E-state index is -1.09. The molecule has 0 saturated heterocycles. The van der Waals surface area contributed by atoms with E-state index in [9.17, 15) is 9.59 Å². The Morgan fingerprint density at radius 3 is 2.63 bits per heavy atom. The molecule has 0 aromatic carbocycles. The van der Waals surface area contributed by atoms with E-state index in [1.165, 1.54) is 11.3 Å². The number of nitrogens with zero attached hydrogens (tertiary/aromatic N) is 2. The van der Waals surface area contributed by atoms with E-state index in [1.54, 1.807) is 0 Å². The van der Waals surface area contributed by atoms with Gasteiger partial charge >= 0.3 is 12.0 Å². The van der Waals surface area contributed by atoms with Gasteiger partial charge in [0.05, 0.1) is 0 Å². The summed E-state index contributed by atoms with van der Waals surface area (Å²) in [6.45, 7) is 4.15. The van der Waals surface area contributed by atoms with Crippen molar-refractivity contribution in [1.82, 2.24) is 15.5 Å². The van der Waals surface area contributed by atoms with Crippen LogP contribution in [0.2, 0.25) is 0 Å². The van der Waals surface area contributed by atoms with Gasteiger partial charge in [0, 0.05) is 6.42 Å². The van der Waals surface area contributed by atoms with Gasteiger partial charge < -0.3 is 10.4 Å². The number of nitrogens with one attached hydrogen (secondary N) is 2. The van der Waals surface area contributed by atoms with E-state index in [0.717, 1.165) is 11.4 Å². The number of aliphatic carboxylic acids is 1. The SMILES string of the molecule is CC(C)Cc1nnc(NC(=O)NC2(C(=O)O)CC2)s1. The summed E-state index contributed by atoms with van der Waals surface area (Å²) in [7, 11) is 0. The van der Waals surface area contributed by atoms with Crippen molar-refractivity contribution >= 4 is 28.5 Å². The predicted molar refractivity (Wildman–Crippen MR) is 70.2 cm³/mol. The molecule has 104 valence electrons. The van der Waals surface area contributed by atoms with Gasteiger partial charge in [-0.05, 0) is 18.8 Å². The number of carbonyl (C=O) groups excluding carboxylic acids is 1. The third kappa shape index (κ3) is 3.40. The second-order valence-electron chi connectivity index (χ2n) is 5.07. The Balaban J connectivity index is 1.89.